The summed E-state index contributed by atoms with van der Waals surface area (Å²) in [6.07, 6.45) is 3.55. The van der Waals surface area contributed by atoms with Gasteiger partial charge in [-0.15, -0.1) is 0 Å². The van der Waals surface area contributed by atoms with E-state index in [9.17, 15) is 34.8 Å². The summed E-state index contributed by atoms with van der Waals surface area (Å²) < 4.78 is 0. The molecule has 1 amide bonds. The van der Waals surface area contributed by atoms with Crippen molar-refractivity contribution in [2.24, 2.45) is 0 Å². The Hall–Kier alpha value is -2.13. The van der Waals surface area contributed by atoms with Crippen molar-refractivity contribution in [3.05, 3.63) is 33.9 Å². The summed E-state index contributed by atoms with van der Waals surface area (Å²) in [5.41, 5.74) is 1.61. The average molecular weight is 522 g/mol. The predicted octanol–water partition coefficient (Wildman–Crippen LogP) is 3.17. The van der Waals surface area contributed by atoms with E-state index in [-0.39, 0.29) is 30.1 Å². The first-order chi connectivity index (χ1) is 17.4. The van der Waals surface area contributed by atoms with Gasteiger partial charge in [0.1, 0.15) is 18.3 Å². The third kappa shape index (κ3) is 9.28. The molecule has 0 spiro atoms. The topological polar surface area (TPSA) is 135 Å². The molecule has 0 bridgehead atoms. The fourth-order valence-electron chi connectivity index (χ4n) is 4.39. The lowest BCUT2D eigenvalue weighted by Gasteiger charge is -2.29. The summed E-state index contributed by atoms with van der Waals surface area (Å²) >= 11 is 0. The molecule has 0 fully saturated rings. The Bertz CT molecular complexity index is 902. The Balaban J connectivity index is 3.11. The quantitative estimate of drug-likeness (QED) is 0.139. The van der Waals surface area contributed by atoms with Gasteiger partial charge >= 0.3 is 0 Å². The van der Waals surface area contributed by atoms with E-state index in [4.69, 9.17) is 0 Å². The van der Waals surface area contributed by atoms with Crippen molar-refractivity contribution in [3.8, 4) is 0 Å². The van der Waals surface area contributed by atoms with E-state index in [1.165, 1.54) is 30.9 Å². The van der Waals surface area contributed by atoms with E-state index < -0.39 is 30.3 Å². The molecule has 0 radical (unpaired) electrons. The number of hydrogen-bond donors (Lipinski definition) is 4. The molecule has 0 aromatic rings. The SMILES string of the molecule is CCCCCCCCCC(=CC1=C(C)C(=O)C(C)=C(C)C1=O)C(=O)N(C)C[C@H](O)[C@@H](O)[C@H](O)[C@H](O)CC. The molecule has 0 saturated carbocycles. The molecule has 8 heteroatoms. The number of carbonyl (C=O) groups is 3. The van der Waals surface area contributed by atoms with E-state index in [0.717, 1.165) is 32.1 Å². The maximum absolute atomic E-state index is 13.4. The molecule has 210 valence electrons. The van der Waals surface area contributed by atoms with E-state index in [2.05, 4.69) is 6.92 Å². The summed E-state index contributed by atoms with van der Waals surface area (Å²) in [6, 6.07) is 0. The van der Waals surface area contributed by atoms with Gasteiger partial charge in [-0.05, 0) is 46.1 Å². The highest BCUT2D eigenvalue weighted by Crippen LogP contribution is 2.27. The van der Waals surface area contributed by atoms with Crippen LogP contribution in [0, 0.1) is 0 Å². The van der Waals surface area contributed by atoms with Gasteiger partial charge in [-0.25, -0.2) is 0 Å². The highest BCUT2D eigenvalue weighted by Gasteiger charge is 2.32. The molecule has 1 aliphatic rings. The van der Waals surface area contributed by atoms with Crippen LogP contribution in [0.4, 0.5) is 0 Å². The number of Topliss-reactive ketones (excluding diaryl/α,β-unsaturated/α-hetero) is 2. The molecule has 0 aliphatic heterocycles. The van der Waals surface area contributed by atoms with Gasteiger partial charge in [0.25, 0.3) is 0 Å². The van der Waals surface area contributed by atoms with Crippen LogP contribution in [0.5, 0.6) is 0 Å². The van der Waals surface area contributed by atoms with Crippen LogP contribution in [-0.2, 0) is 14.4 Å². The second-order valence-corrected chi connectivity index (χ2v) is 10.2. The van der Waals surface area contributed by atoms with Gasteiger partial charge in [-0.3, -0.25) is 14.4 Å². The predicted molar refractivity (Wildman–Crippen MR) is 144 cm³/mol. The third-order valence-electron chi connectivity index (χ3n) is 7.24. The highest BCUT2D eigenvalue weighted by molar-refractivity contribution is 6.26. The molecule has 0 saturated heterocycles. The number of nitrogens with zero attached hydrogens (tertiary/aromatic N) is 1. The minimum Gasteiger partial charge on any atom is -0.390 e. The Morgan fingerprint density at radius 3 is 1.86 bits per heavy atom. The molecule has 0 heterocycles. The molecule has 4 N–H and O–H groups in total. The second-order valence-electron chi connectivity index (χ2n) is 10.2. The van der Waals surface area contributed by atoms with Crippen LogP contribution >= 0.6 is 0 Å². The molecule has 37 heavy (non-hydrogen) atoms. The molecule has 0 unspecified atom stereocenters. The van der Waals surface area contributed by atoms with Gasteiger partial charge in [0.15, 0.2) is 11.6 Å². The molecular weight excluding hydrogens is 474 g/mol. The number of unbranched alkanes of at least 4 members (excludes halogenated alkanes) is 6. The summed E-state index contributed by atoms with van der Waals surface area (Å²) in [4.78, 5) is 40.2. The van der Waals surface area contributed by atoms with Crippen molar-refractivity contribution < 1.29 is 34.8 Å². The maximum Gasteiger partial charge on any atom is 0.249 e. The second kappa shape index (κ2) is 16.0. The highest BCUT2D eigenvalue weighted by atomic mass is 16.4. The number of amides is 1. The zero-order valence-corrected chi connectivity index (χ0v) is 23.4. The summed E-state index contributed by atoms with van der Waals surface area (Å²) in [7, 11) is 1.46. The van der Waals surface area contributed by atoms with Crippen LogP contribution < -0.4 is 0 Å². The summed E-state index contributed by atoms with van der Waals surface area (Å²) in [5, 5.41) is 40.4. The number of carbonyl (C=O) groups excluding carboxylic acids is 3. The molecule has 0 aromatic heterocycles. The molecular formula is C29H47NO7. The van der Waals surface area contributed by atoms with Gasteiger partial charge in [0.05, 0.1) is 6.10 Å². The monoisotopic (exact) mass is 521 g/mol. The molecule has 8 nitrogen and oxygen atoms in total. The fraction of sp³-hybridized carbons (Fsp3) is 0.690. The van der Waals surface area contributed by atoms with Gasteiger partial charge in [-0.2, -0.15) is 0 Å². The number of ketones is 2. The van der Waals surface area contributed by atoms with E-state index in [1.807, 2.05) is 0 Å². The molecule has 1 aliphatic carbocycles. The van der Waals surface area contributed by atoms with Crippen LogP contribution in [0.25, 0.3) is 0 Å². The lowest BCUT2D eigenvalue weighted by Crippen LogP contribution is -2.49. The Morgan fingerprint density at radius 1 is 0.784 bits per heavy atom. The molecule has 4 atom stereocenters. The van der Waals surface area contributed by atoms with Crippen LogP contribution in [0.2, 0.25) is 0 Å². The first-order valence-corrected chi connectivity index (χ1v) is 13.5. The molecule has 1 rings (SSSR count). The van der Waals surface area contributed by atoms with E-state index in [1.54, 1.807) is 27.7 Å². The summed E-state index contributed by atoms with van der Waals surface area (Å²) in [5.74, 6) is -0.942. The van der Waals surface area contributed by atoms with Crippen molar-refractivity contribution in [1.29, 1.82) is 0 Å². The normalized spacial score (nSPS) is 18.3. The first-order valence-electron chi connectivity index (χ1n) is 13.5. The van der Waals surface area contributed by atoms with Gasteiger partial charge < -0.3 is 25.3 Å². The number of hydrogen-bond acceptors (Lipinski definition) is 7. The van der Waals surface area contributed by atoms with Gasteiger partial charge in [-0.1, -0.05) is 52.4 Å². The third-order valence-corrected chi connectivity index (χ3v) is 7.24. The van der Waals surface area contributed by atoms with Crippen LogP contribution in [0.3, 0.4) is 0 Å². The lowest BCUT2D eigenvalue weighted by atomic mass is 9.84. The van der Waals surface area contributed by atoms with Crippen LogP contribution in [-0.4, -0.2) is 80.8 Å². The standard InChI is InChI=1S/C29H47NO7/c1-7-9-10-11-12-13-14-15-21(16-22-20(5)25(33)18(3)19(4)26(22)34)29(37)30(6)17-24(32)28(36)27(35)23(31)8-2/h16,23-24,27-28,31-32,35-36H,7-15,17H2,1-6H3/t23-,24+,27-,28-/m1/s1. The largest absolute Gasteiger partial charge is 0.390 e. The Kier molecular flexibility index (Phi) is 14.2. The molecule has 0 aromatic carbocycles. The van der Waals surface area contributed by atoms with E-state index >= 15 is 0 Å². The number of rotatable bonds is 16. The smallest absolute Gasteiger partial charge is 0.249 e. The average Bonchev–Trinajstić information content (AvgIpc) is 2.89. The Morgan fingerprint density at radius 2 is 1.30 bits per heavy atom. The number of aliphatic hydroxyl groups excluding tert-OH is 4. The minimum atomic E-state index is -1.64. The number of aliphatic hydroxyl groups is 4. The fourth-order valence-corrected chi connectivity index (χ4v) is 4.39. The van der Waals surface area contributed by atoms with Crippen molar-refractivity contribution in [2.45, 2.75) is 117 Å². The zero-order chi connectivity index (χ0) is 28.3. The van der Waals surface area contributed by atoms with Gasteiger partial charge in [0.2, 0.25) is 5.91 Å². The van der Waals surface area contributed by atoms with Crippen molar-refractivity contribution in [3.63, 3.8) is 0 Å². The number of allylic oxidation sites excluding steroid dienone is 5. The zero-order valence-electron chi connectivity index (χ0n) is 23.4. The van der Waals surface area contributed by atoms with Crippen LogP contribution in [0.15, 0.2) is 33.9 Å². The first kappa shape index (κ1) is 32.9. The summed E-state index contributed by atoms with van der Waals surface area (Å²) in [6.45, 7) is 8.32. The van der Waals surface area contributed by atoms with Gasteiger partial charge in [0, 0.05) is 41.5 Å². The van der Waals surface area contributed by atoms with Crippen LogP contribution in [0.1, 0.15) is 92.4 Å². The lowest BCUT2D eigenvalue weighted by molar-refractivity contribution is -0.133. The van der Waals surface area contributed by atoms with Crippen molar-refractivity contribution in [2.75, 3.05) is 13.6 Å². The van der Waals surface area contributed by atoms with Crippen molar-refractivity contribution >= 4 is 17.5 Å². The van der Waals surface area contributed by atoms with Crippen molar-refractivity contribution in [1.82, 2.24) is 4.90 Å². The maximum atomic E-state index is 13.4. The number of likely N-dealkylation sites (N-methyl/N-ethyl adjacent to an activating group) is 1. The minimum absolute atomic E-state index is 0.194. The van der Waals surface area contributed by atoms with E-state index in [0.29, 0.717) is 28.7 Å². The Labute approximate surface area is 221 Å².